The lowest BCUT2D eigenvalue weighted by Gasteiger charge is -2.09. The van der Waals surface area contributed by atoms with E-state index in [2.05, 4.69) is 32.6 Å². The number of guanidine groups is 1. The molecule has 3 rings (SSSR count). The SMILES string of the molecule is CCNC(=NCc1ccn(-c2ccc(OC)cc2)n1)NCc1nc(C)c(C)s1.I. The predicted octanol–water partition coefficient (Wildman–Crippen LogP) is 3.83. The van der Waals surface area contributed by atoms with E-state index in [9.17, 15) is 0 Å². The van der Waals surface area contributed by atoms with Gasteiger partial charge in [-0.25, -0.2) is 14.7 Å². The molecule has 2 heterocycles. The van der Waals surface area contributed by atoms with E-state index in [1.807, 2.05) is 55.1 Å². The van der Waals surface area contributed by atoms with Crippen LogP contribution >= 0.6 is 35.3 Å². The molecule has 2 aromatic heterocycles. The molecule has 0 aliphatic rings. The Bertz CT molecular complexity index is 915. The zero-order chi connectivity index (χ0) is 19.9. The van der Waals surface area contributed by atoms with Crippen LogP contribution in [0.3, 0.4) is 0 Å². The summed E-state index contributed by atoms with van der Waals surface area (Å²) in [5.74, 6) is 1.58. The molecule has 0 aliphatic carbocycles. The molecular formula is C20H27IN6OS. The van der Waals surface area contributed by atoms with Crippen molar-refractivity contribution >= 4 is 41.3 Å². The average molecular weight is 526 g/mol. The van der Waals surface area contributed by atoms with Gasteiger partial charge in [0.2, 0.25) is 0 Å². The van der Waals surface area contributed by atoms with Crippen LogP contribution in [0.15, 0.2) is 41.5 Å². The van der Waals surface area contributed by atoms with Crippen molar-refractivity contribution in [2.24, 2.45) is 4.99 Å². The van der Waals surface area contributed by atoms with Crippen molar-refractivity contribution in [3.05, 3.63) is 57.8 Å². The third-order valence-electron chi connectivity index (χ3n) is 4.20. The third-order valence-corrected chi connectivity index (χ3v) is 5.28. The Morgan fingerprint density at radius 1 is 1.17 bits per heavy atom. The first-order valence-corrected chi connectivity index (χ1v) is 10.0. The monoisotopic (exact) mass is 526 g/mol. The number of rotatable bonds is 7. The summed E-state index contributed by atoms with van der Waals surface area (Å²) in [4.78, 5) is 10.4. The molecule has 29 heavy (non-hydrogen) atoms. The number of hydrogen-bond donors (Lipinski definition) is 2. The molecule has 0 saturated heterocycles. The average Bonchev–Trinajstić information content (AvgIpc) is 3.31. The van der Waals surface area contributed by atoms with Crippen molar-refractivity contribution in [3.8, 4) is 11.4 Å². The smallest absolute Gasteiger partial charge is 0.191 e. The normalized spacial score (nSPS) is 11.1. The predicted molar refractivity (Wildman–Crippen MR) is 129 cm³/mol. The van der Waals surface area contributed by atoms with Gasteiger partial charge in [0.15, 0.2) is 5.96 Å². The second kappa shape index (κ2) is 11.1. The van der Waals surface area contributed by atoms with Gasteiger partial charge in [-0.1, -0.05) is 0 Å². The molecule has 2 N–H and O–H groups in total. The Balaban J connectivity index is 0.00000300. The van der Waals surface area contributed by atoms with Crippen LogP contribution in [-0.2, 0) is 13.1 Å². The van der Waals surface area contributed by atoms with Gasteiger partial charge in [0.05, 0.1) is 37.3 Å². The highest BCUT2D eigenvalue weighted by Crippen LogP contribution is 2.16. The van der Waals surface area contributed by atoms with Gasteiger partial charge >= 0.3 is 0 Å². The van der Waals surface area contributed by atoms with E-state index in [0.717, 1.165) is 40.3 Å². The number of aromatic nitrogens is 3. The second-order valence-corrected chi connectivity index (χ2v) is 7.54. The molecule has 0 amide bonds. The molecule has 0 unspecified atom stereocenters. The topological polar surface area (TPSA) is 76.4 Å². The van der Waals surface area contributed by atoms with Crippen molar-refractivity contribution in [3.63, 3.8) is 0 Å². The highest BCUT2D eigenvalue weighted by molar-refractivity contribution is 14.0. The molecular weight excluding hydrogens is 499 g/mol. The van der Waals surface area contributed by atoms with Crippen molar-refractivity contribution in [1.29, 1.82) is 0 Å². The van der Waals surface area contributed by atoms with Crippen molar-refractivity contribution < 1.29 is 4.74 Å². The van der Waals surface area contributed by atoms with Gasteiger partial charge in [-0.15, -0.1) is 35.3 Å². The van der Waals surface area contributed by atoms with E-state index in [1.165, 1.54) is 4.88 Å². The number of hydrogen-bond acceptors (Lipinski definition) is 5. The number of thiazole rings is 1. The summed E-state index contributed by atoms with van der Waals surface area (Å²) >= 11 is 1.71. The van der Waals surface area contributed by atoms with Crippen LogP contribution < -0.4 is 15.4 Å². The first-order chi connectivity index (χ1) is 13.6. The van der Waals surface area contributed by atoms with Crippen LogP contribution in [0.2, 0.25) is 0 Å². The van der Waals surface area contributed by atoms with E-state index in [-0.39, 0.29) is 24.0 Å². The summed E-state index contributed by atoms with van der Waals surface area (Å²) in [5, 5.41) is 12.3. The van der Waals surface area contributed by atoms with Gasteiger partial charge in [-0.2, -0.15) is 5.10 Å². The fourth-order valence-corrected chi connectivity index (χ4v) is 3.47. The van der Waals surface area contributed by atoms with Crippen molar-refractivity contribution in [2.75, 3.05) is 13.7 Å². The minimum absolute atomic E-state index is 0. The summed E-state index contributed by atoms with van der Waals surface area (Å²) in [6.07, 6.45) is 1.94. The molecule has 0 aliphatic heterocycles. The first kappa shape index (κ1) is 23.1. The zero-order valence-corrected chi connectivity index (χ0v) is 20.2. The number of aliphatic imine (C=N–C) groups is 1. The lowest BCUT2D eigenvalue weighted by atomic mass is 10.3. The van der Waals surface area contributed by atoms with Gasteiger partial charge in [-0.05, 0) is 51.1 Å². The van der Waals surface area contributed by atoms with E-state index in [4.69, 9.17) is 4.74 Å². The number of halogens is 1. The summed E-state index contributed by atoms with van der Waals surface area (Å²) in [7, 11) is 1.66. The van der Waals surface area contributed by atoms with Crippen LogP contribution in [0.5, 0.6) is 5.75 Å². The van der Waals surface area contributed by atoms with Gasteiger partial charge in [-0.3, -0.25) is 0 Å². The minimum Gasteiger partial charge on any atom is -0.497 e. The van der Waals surface area contributed by atoms with Gasteiger partial charge in [0.1, 0.15) is 10.8 Å². The van der Waals surface area contributed by atoms with Crippen LogP contribution in [0.1, 0.15) is 28.2 Å². The molecule has 0 atom stereocenters. The van der Waals surface area contributed by atoms with E-state index < -0.39 is 0 Å². The molecule has 1 aromatic carbocycles. The Morgan fingerprint density at radius 3 is 2.55 bits per heavy atom. The molecule has 0 bridgehead atoms. The molecule has 0 saturated carbocycles. The molecule has 0 radical (unpaired) electrons. The fraction of sp³-hybridized carbons (Fsp3) is 0.350. The molecule has 3 aromatic rings. The van der Waals surface area contributed by atoms with E-state index in [1.54, 1.807) is 18.4 Å². The zero-order valence-electron chi connectivity index (χ0n) is 17.1. The molecule has 156 valence electrons. The second-order valence-electron chi connectivity index (χ2n) is 6.25. The lowest BCUT2D eigenvalue weighted by molar-refractivity contribution is 0.414. The maximum absolute atomic E-state index is 5.20. The standard InChI is InChI=1S/C20H26N6OS.HI/c1-5-21-20(23-13-19-24-14(2)15(3)28-19)22-12-16-10-11-26(25-16)17-6-8-18(27-4)9-7-17;/h6-11H,5,12-13H2,1-4H3,(H2,21,22,23);1H. The number of nitrogens with zero attached hydrogens (tertiary/aromatic N) is 4. The third kappa shape index (κ3) is 6.43. The number of benzene rings is 1. The van der Waals surface area contributed by atoms with Gasteiger partial charge < -0.3 is 15.4 Å². The number of methoxy groups -OCH3 is 1. The molecule has 0 fully saturated rings. The molecule has 0 spiro atoms. The van der Waals surface area contributed by atoms with Crippen LogP contribution in [0.25, 0.3) is 5.69 Å². The summed E-state index contributed by atoms with van der Waals surface area (Å²) < 4.78 is 7.03. The number of nitrogens with one attached hydrogen (secondary N) is 2. The van der Waals surface area contributed by atoms with Crippen LogP contribution in [-0.4, -0.2) is 34.4 Å². The van der Waals surface area contributed by atoms with Gasteiger partial charge in [0.25, 0.3) is 0 Å². The fourth-order valence-electron chi connectivity index (χ4n) is 2.60. The Morgan fingerprint density at radius 2 is 1.93 bits per heavy atom. The largest absolute Gasteiger partial charge is 0.497 e. The Labute approximate surface area is 192 Å². The molecule has 7 nitrogen and oxygen atoms in total. The quantitative estimate of drug-likeness (QED) is 0.278. The van der Waals surface area contributed by atoms with Crippen molar-refractivity contribution in [1.82, 2.24) is 25.4 Å². The Hall–Kier alpha value is -2.14. The minimum atomic E-state index is 0. The summed E-state index contributed by atoms with van der Waals surface area (Å²) in [5.41, 5.74) is 2.97. The van der Waals surface area contributed by atoms with E-state index in [0.29, 0.717) is 13.1 Å². The lowest BCUT2D eigenvalue weighted by Crippen LogP contribution is -2.36. The highest BCUT2D eigenvalue weighted by Gasteiger charge is 2.06. The van der Waals surface area contributed by atoms with Crippen LogP contribution in [0.4, 0.5) is 0 Å². The van der Waals surface area contributed by atoms with Crippen LogP contribution in [0, 0.1) is 13.8 Å². The van der Waals surface area contributed by atoms with E-state index >= 15 is 0 Å². The first-order valence-electron chi connectivity index (χ1n) is 9.23. The summed E-state index contributed by atoms with van der Waals surface area (Å²) in [6, 6.07) is 9.77. The number of aryl methyl sites for hydroxylation is 2. The summed E-state index contributed by atoms with van der Waals surface area (Å²) in [6.45, 7) is 8.12. The maximum atomic E-state index is 5.20. The number of ether oxygens (including phenoxy) is 1. The van der Waals surface area contributed by atoms with Crippen molar-refractivity contribution in [2.45, 2.75) is 33.9 Å². The van der Waals surface area contributed by atoms with Gasteiger partial charge in [0, 0.05) is 17.6 Å². The molecule has 9 heteroatoms. The Kier molecular flexibility index (Phi) is 8.90. The maximum Gasteiger partial charge on any atom is 0.191 e. The highest BCUT2D eigenvalue weighted by atomic mass is 127.